The summed E-state index contributed by atoms with van der Waals surface area (Å²) in [6, 6.07) is 10.0. The molecule has 0 saturated carbocycles. The molecule has 2 aromatic heterocycles. The molecule has 1 aliphatic heterocycles. The van der Waals surface area contributed by atoms with Crippen LogP contribution in [0.1, 0.15) is 31.2 Å². The van der Waals surface area contributed by atoms with Gasteiger partial charge in [0.2, 0.25) is 0 Å². The van der Waals surface area contributed by atoms with Crippen molar-refractivity contribution in [1.29, 1.82) is 0 Å². The Morgan fingerprint density at radius 2 is 2.13 bits per heavy atom. The predicted molar refractivity (Wildman–Crippen MR) is 123 cm³/mol. The molecule has 1 aromatic carbocycles. The smallest absolute Gasteiger partial charge is 0.338 e. The van der Waals surface area contributed by atoms with Gasteiger partial charge in [-0.3, -0.25) is 9.36 Å². The number of halogens is 2. The number of nitrogens with zero attached hydrogens (tertiary/aromatic N) is 2. The highest BCUT2D eigenvalue weighted by molar-refractivity contribution is 14.1. The minimum atomic E-state index is -0.729. The van der Waals surface area contributed by atoms with Crippen LogP contribution in [0.2, 0.25) is 5.02 Å². The maximum absolute atomic E-state index is 13.4. The third-order valence-corrected chi connectivity index (χ3v) is 6.49. The number of thiazole rings is 1. The molecular weight excluding hydrogens is 539 g/mol. The number of carbonyl (C=O) groups is 1. The molecule has 1 aliphatic rings. The van der Waals surface area contributed by atoms with Crippen LogP contribution in [0.5, 0.6) is 0 Å². The maximum atomic E-state index is 13.4. The number of hydrogen-bond donors (Lipinski definition) is 0. The first kappa shape index (κ1) is 21.1. The molecule has 1 unspecified atom stereocenters. The van der Waals surface area contributed by atoms with Crippen molar-refractivity contribution in [3.05, 3.63) is 87.5 Å². The van der Waals surface area contributed by atoms with Crippen LogP contribution >= 0.6 is 45.5 Å². The second-order valence-electron chi connectivity index (χ2n) is 6.47. The summed E-state index contributed by atoms with van der Waals surface area (Å²) in [5.41, 5.74) is 1.16. The number of aromatic nitrogens is 1. The molecule has 0 saturated heterocycles. The molecule has 30 heavy (non-hydrogen) atoms. The molecule has 154 valence electrons. The summed E-state index contributed by atoms with van der Waals surface area (Å²) in [4.78, 5) is 31.2. The van der Waals surface area contributed by atoms with E-state index in [2.05, 4.69) is 27.6 Å². The van der Waals surface area contributed by atoms with Crippen LogP contribution in [-0.4, -0.2) is 17.1 Å². The molecule has 1 atom stereocenters. The van der Waals surface area contributed by atoms with Gasteiger partial charge in [-0.05, 0) is 60.2 Å². The Kier molecular flexibility index (Phi) is 5.99. The first-order valence-corrected chi connectivity index (χ1v) is 11.4. The van der Waals surface area contributed by atoms with Crippen molar-refractivity contribution in [2.45, 2.75) is 19.9 Å². The molecule has 4 rings (SSSR count). The highest BCUT2D eigenvalue weighted by Gasteiger charge is 2.34. The van der Waals surface area contributed by atoms with E-state index in [1.165, 1.54) is 15.9 Å². The lowest BCUT2D eigenvalue weighted by atomic mass is 9.96. The topological polar surface area (TPSA) is 73.8 Å². The molecule has 0 aliphatic carbocycles. The third kappa shape index (κ3) is 3.79. The minimum absolute atomic E-state index is 0.215. The lowest BCUT2D eigenvalue weighted by Gasteiger charge is -2.25. The van der Waals surface area contributed by atoms with Crippen molar-refractivity contribution in [3.63, 3.8) is 0 Å². The largest absolute Gasteiger partial charge is 0.463 e. The van der Waals surface area contributed by atoms with Crippen molar-refractivity contribution in [3.8, 4) is 0 Å². The molecule has 0 amide bonds. The maximum Gasteiger partial charge on any atom is 0.338 e. The van der Waals surface area contributed by atoms with E-state index >= 15 is 0 Å². The van der Waals surface area contributed by atoms with Gasteiger partial charge in [0.05, 0.1) is 22.4 Å². The number of esters is 1. The van der Waals surface area contributed by atoms with E-state index in [1.807, 2.05) is 12.1 Å². The van der Waals surface area contributed by atoms with E-state index in [9.17, 15) is 9.59 Å². The van der Waals surface area contributed by atoms with E-state index in [0.29, 0.717) is 37.0 Å². The molecule has 3 heterocycles. The lowest BCUT2D eigenvalue weighted by Crippen LogP contribution is -2.40. The summed E-state index contributed by atoms with van der Waals surface area (Å²) in [5.74, 6) is 0.0545. The number of hydrogen-bond acceptors (Lipinski definition) is 6. The van der Waals surface area contributed by atoms with E-state index in [1.54, 1.807) is 44.2 Å². The van der Waals surface area contributed by atoms with E-state index in [4.69, 9.17) is 20.8 Å². The summed E-state index contributed by atoms with van der Waals surface area (Å²) in [7, 11) is 0. The number of ether oxygens (including phenoxy) is 1. The van der Waals surface area contributed by atoms with Crippen molar-refractivity contribution in [1.82, 2.24) is 4.57 Å². The van der Waals surface area contributed by atoms with Crippen LogP contribution in [0.4, 0.5) is 0 Å². The van der Waals surface area contributed by atoms with Crippen LogP contribution in [-0.2, 0) is 9.53 Å². The molecule has 9 heteroatoms. The summed E-state index contributed by atoms with van der Waals surface area (Å²) in [5, 5.41) is 0.453. The molecular formula is C21H16ClIN2O4S. The number of furan rings is 1. The highest BCUT2D eigenvalue weighted by atomic mass is 127. The Morgan fingerprint density at radius 1 is 1.37 bits per heavy atom. The zero-order valence-electron chi connectivity index (χ0n) is 16.0. The van der Waals surface area contributed by atoms with Gasteiger partial charge in [-0.1, -0.05) is 41.1 Å². The molecule has 0 spiro atoms. The van der Waals surface area contributed by atoms with Gasteiger partial charge in [0.25, 0.3) is 5.56 Å². The Bertz CT molecular complexity index is 1350. The van der Waals surface area contributed by atoms with Crippen LogP contribution in [0, 0.1) is 3.77 Å². The highest BCUT2D eigenvalue weighted by Crippen LogP contribution is 2.34. The summed E-state index contributed by atoms with van der Waals surface area (Å²) in [6.07, 6.45) is 1.68. The van der Waals surface area contributed by atoms with Crippen LogP contribution in [0.15, 0.2) is 61.9 Å². The number of benzene rings is 1. The summed E-state index contributed by atoms with van der Waals surface area (Å²) in [6.45, 7) is 3.69. The number of allylic oxidation sites excluding steroid dienone is 1. The Hall–Kier alpha value is -2.17. The second kappa shape index (κ2) is 8.52. The second-order valence-corrected chi connectivity index (χ2v) is 8.95. The van der Waals surface area contributed by atoms with Gasteiger partial charge in [-0.15, -0.1) is 0 Å². The van der Waals surface area contributed by atoms with E-state index < -0.39 is 12.0 Å². The number of rotatable bonds is 4. The fraction of sp³-hybridized carbons (Fsp3) is 0.190. The van der Waals surface area contributed by atoms with E-state index in [-0.39, 0.29) is 12.2 Å². The van der Waals surface area contributed by atoms with Gasteiger partial charge in [-0.25, -0.2) is 9.79 Å². The Labute approximate surface area is 194 Å². The third-order valence-electron chi connectivity index (χ3n) is 4.58. The normalized spacial score (nSPS) is 16.4. The number of carbonyl (C=O) groups excluding carboxylic acids is 1. The van der Waals surface area contributed by atoms with Gasteiger partial charge in [0.1, 0.15) is 11.8 Å². The van der Waals surface area contributed by atoms with Gasteiger partial charge in [0.15, 0.2) is 8.57 Å². The fourth-order valence-electron chi connectivity index (χ4n) is 3.32. The first-order valence-electron chi connectivity index (χ1n) is 9.10. The molecule has 0 bridgehead atoms. The van der Waals surface area contributed by atoms with Crippen molar-refractivity contribution < 1.29 is 13.9 Å². The van der Waals surface area contributed by atoms with Gasteiger partial charge >= 0.3 is 5.97 Å². The zero-order chi connectivity index (χ0) is 21.4. The summed E-state index contributed by atoms with van der Waals surface area (Å²) < 4.78 is 13.5. The SMILES string of the molecule is CCOC(=O)C1=C(C)N=c2sc(=Cc3ccc(I)o3)c(=O)n2C1c1ccccc1Cl. The Morgan fingerprint density at radius 3 is 2.80 bits per heavy atom. The van der Waals surface area contributed by atoms with Gasteiger partial charge in [-0.2, -0.15) is 0 Å². The monoisotopic (exact) mass is 554 g/mol. The Balaban J connectivity index is 1.99. The average Bonchev–Trinajstić information content (AvgIpc) is 3.24. The molecule has 3 aromatic rings. The van der Waals surface area contributed by atoms with Crippen LogP contribution < -0.4 is 14.9 Å². The lowest BCUT2D eigenvalue weighted by molar-refractivity contribution is -0.139. The van der Waals surface area contributed by atoms with Crippen molar-refractivity contribution in [2.75, 3.05) is 6.61 Å². The minimum Gasteiger partial charge on any atom is -0.463 e. The first-order chi connectivity index (χ1) is 14.4. The quantitative estimate of drug-likeness (QED) is 0.365. The van der Waals surface area contributed by atoms with Gasteiger partial charge in [0, 0.05) is 11.1 Å². The standard InChI is InChI=1S/C21H16ClIN2O4S/c1-3-28-20(27)17-11(2)24-21-25(18(17)13-6-4-5-7-14(13)22)19(26)15(30-21)10-12-8-9-16(23)29-12/h4-10,18H,3H2,1-2H3. The molecule has 6 nitrogen and oxygen atoms in total. The predicted octanol–water partition coefficient (Wildman–Crippen LogP) is 3.65. The van der Waals surface area contributed by atoms with E-state index in [0.717, 1.165) is 3.77 Å². The fourth-order valence-corrected chi connectivity index (χ4v) is 5.02. The average molecular weight is 555 g/mol. The van der Waals surface area contributed by atoms with Crippen LogP contribution in [0.25, 0.3) is 6.08 Å². The molecule has 0 fully saturated rings. The van der Waals surface area contributed by atoms with Crippen molar-refractivity contribution in [2.24, 2.45) is 4.99 Å². The van der Waals surface area contributed by atoms with Crippen molar-refractivity contribution >= 4 is 57.6 Å². The zero-order valence-corrected chi connectivity index (χ0v) is 19.7. The van der Waals surface area contributed by atoms with Gasteiger partial charge < -0.3 is 9.15 Å². The van der Waals surface area contributed by atoms with Crippen LogP contribution in [0.3, 0.4) is 0 Å². The molecule has 0 N–H and O–H groups in total. The molecule has 0 radical (unpaired) electrons. The number of fused-ring (bicyclic) bond motifs is 1. The summed E-state index contributed by atoms with van der Waals surface area (Å²) >= 11 is 9.77.